The Hall–Kier alpha value is -3.65. The number of aromatic nitrogens is 2. The Morgan fingerprint density at radius 2 is 1.68 bits per heavy atom. The van der Waals surface area contributed by atoms with E-state index in [4.69, 9.17) is 14.2 Å². The molecule has 8 heteroatoms. The van der Waals surface area contributed by atoms with Gasteiger partial charge in [-0.05, 0) is 36.4 Å². The van der Waals surface area contributed by atoms with E-state index < -0.39 is 0 Å². The summed E-state index contributed by atoms with van der Waals surface area (Å²) in [7, 11) is 4.50. The Morgan fingerprint density at radius 1 is 1.00 bits per heavy atom. The first kappa shape index (κ1) is 20.6. The number of benzene rings is 2. The number of carbonyl (C=O) groups is 1. The summed E-state index contributed by atoms with van der Waals surface area (Å²) in [6.45, 7) is 0. The van der Waals surface area contributed by atoms with Gasteiger partial charge in [0.05, 0.1) is 26.9 Å². The Bertz CT molecular complexity index is 1190. The average Bonchev–Trinajstić information content (AvgIpc) is 3.48. The number of methoxy groups -OCH3 is 3. The monoisotopic (exact) mass is 438 g/mol. The molecule has 0 unspecified atom stereocenters. The summed E-state index contributed by atoms with van der Waals surface area (Å²) >= 11 is 1.43. The second kappa shape index (κ2) is 8.61. The number of nitrogens with zero attached hydrogens (tertiary/aromatic N) is 2. The van der Waals surface area contributed by atoms with Crippen molar-refractivity contribution in [2.45, 2.75) is 0 Å². The van der Waals surface area contributed by atoms with E-state index in [0.717, 1.165) is 5.69 Å². The molecular formula is C23H19FN2O4S. The molecule has 0 bridgehead atoms. The summed E-state index contributed by atoms with van der Waals surface area (Å²) in [6, 6.07) is 9.27. The van der Waals surface area contributed by atoms with Gasteiger partial charge >= 0.3 is 0 Å². The molecule has 0 atom stereocenters. The minimum absolute atomic E-state index is 0.231. The number of rotatable bonds is 7. The van der Waals surface area contributed by atoms with Crippen molar-refractivity contribution >= 4 is 17.1 Å². The van der Waals surface area contributed by atoms with Crippen molar-refractivity contribution in [1.29, 1.82) is 0 Å². The van der Waals surface area contributed by atoms with Crippen LogP contribution < -0.4 is 14.2 Å². The van der Waals surface area contributed by atoms with Crippen LogP contribution in [0, 0.1) is 5.82 Å². The van der Waals surface area contributed by atoms with Gasteiger partial charge in [-0.1, -0.05) is 0 Å². The third-order valence-corrected chi connectivity index (χ3v) is 5.59. The van der Waals surface area contributed by atoms with Gasteiger partial charge in [0.25, 0.3) is 0 Å². The van der Waals surface area contributed by atoms with Gasteiger partial charge in [-0.25, -0.2) is 9.37 Å². The van der Waals surface area contributed by atoms with Crippen molar-refractivity contribution in [3.05, 3.63) is 77.3 Å². The number of hydrogen-bond acceptors (Lipinski definition) is 6. The summed E-state index contributed by atoms with van der Waals surface area (Å²) in [5.74, 6) is 0.624. The summed E-state index contributed by atoms with van der Waals surface area (Å²) < 4.78 is 31.3. The van der Waals surface area contributed by atoms with E-state index in [0.29, 0.717) is 38.9 Å². The van der Waals surface area contributed by atoms with Crippen molar-refractivity contribution in [3.8, 4) is 33.5 Å². The number of thiazole rings is 1. The van der Waals surface area contributed by atoms with Crippen LogP contribution >= 0.6 is 11.3 Å². The molecular weight excluding hydrogens is 419 g/mol. The smallest absolute Gasteiger partial charge is 0.203 e. The van der Waals surface area contributed by atoms with Crippen LogP contribution in [0.4, 0.5) is 4.39 Å². The second-order valence-corrected chi connectivity index (χ2v) is 7.44. The fraction of sp³-hybridized carbons (Fsp3) is 0.130. The van der Waals surface area contributed by atoms with Crippen LogP contribution in [0.25, 0.3) is 16.3 Å². The highest BCUT2D eigenvalue weighted by Crippen LogP contribution is 2.39. The van der Waals surface area contributed by atoms with E-state index in [2.05, 4.69) is 4.98 Å². The maximum atomic E-state index is 13.5. The van der Waals surface area contributed by atoms with Crippen LogP contribution in [0.3, 0.4) is 0 Å². The summed E-state index contributed by atoms with van der Waals surface area (Å²) in [5.41, 5.74) is 2.24. The van der Waals surface area contributed by atoms with Gasteiger partial charge in [-0.2, -0.15) is 0 Å². The molecule has 6 nitrogen and oxygen atoms in total. The van der Waals surface area contributed by atoms with Gasteiger partial charge in [0.1, 0.15) is 10.8 Å². The van der Waals surface area contributed by atoms with Crippen molar-refractivity contribution in [1.82, 2.24) is 9.55 Å². The molecule has 4 aromatic rings. The van der Waals surface area contributed by atoms with E-state index in [1.54, 1.807) is 41.2 Å². The molecule has 0 fully saturated rings. The molecule has 0 aliphatic carbocycles. The van der Waals surface area contributed by atoms with Crippen molar-refractivity contribution in [3.63, 3.8) is 0 Å². The molecule has 0 saturated carbocycles. The molecule has 2 aromatic carbocycles. The molecule has 2 aromatic heterocycles. The number of ether oxygens (including phenoxy) is 3. The standard InChI is InChI=1S/C23H19FN2O4S/c1-28-19-10-14(11-20(29-2)22(19)30-3)21(27)17-12-26(16-6-4-15(24)5-7-16)13-18(17)23-25-8-9-31-23/h4-13H,1-3H3. The molecule has 0 spiro atoms. The van der Waals surface area contributed by atoms with Crippen molar-refractivity contribution in [2.24, 2.45) is 0 Å². The predicted molar refractivity (Wildman–Crippen MR) is 116 cm³/mol. The Balaban J connectivity index is 1.85. The van der Waals surface area contributed by atoms with Crippen LogP contribution in [-0.4, -0.2) is 36.7 Å². The molecule has 2 heterocycles. The Labute approximate surface area is 182 Å². The minimum atomic E-state index is -0.329. The van der Waals surface area contributed by atoms with Gasteiger partial charge in [-0.3, -0.25) is 4.79 Å². The van der Waals surface area contributed by atoms with Gasteiger partial charge in [0.2, 0.25) is 5.75 Å². The Morgan fingerprint density at radius 3 is 2.23 bits per heavy atom. The lowest BCUT2D eigenvalue weighted by atomic mass is 10.0. The molecule has 31 heavy (non-hydrogen) atoms. The topological polar surface area (TPSA) is 62.6 Å². The van der Waals surface area contributed by atoms with E-state index in [9.17, 15) is 9.18 Å². The van der Waals surface area contributed by atoms with Crippen molar-refractivity contribution < 1.29 is 23.4 Å². The maximum Gasteiger partial charge on any atom is 0.203 e. The lowest BCUT2D eigenvalue weighted by Crippen LogP contribution is -2.04. The number of carbonyl (C=O) groups excluding carboxylic acids is 1. The van der Waals surface area contributed by atoms with Crippen LogP contribution in [0.5, 0.6) is 17.2 Å². The molecule has 0 radical (unpaired) electrons. The van der Waals surface area contributed by atoms with Crippen molar-refractivity contribution in [2.75, 3.05) is 21.3 Å². The zero-order chi connectivity index (χ0) is 22.0. The average molecular weight is 438 g/mol. The zero-order valence-electron chi connectivity index (χ0n) is 17.1. The summed E-state index contributed by atoms with van der Waals surface area (Å²) in [5, 5.41) is 2.55. The van der Waals surface area contributed by atoms with Crippen LogP contribution in [0.1, 0.15) is 15.9 Å². The van der Waals surface area contributed by atoms with E-state index in [-0.39, 0.29) is 11.6 Å². The van der Waals surface area contributed by atoms with E-state index in [1.165, 1.54) is 44.8 Å². The largest absolute Gasteiger partial charge is 0.493 e. The van der Waals surface area contributed by atoms with Gasteiger partial charge < -0.3 is 18.8 Å². The zero-order valence-corrected chi connectivity index (χ0v) is 17.9. The third kappa shape index (κ3) is 3.89. The number of halogens is 1. The summed E-state index contributed by atoms with van der Waals surface area (Å²) in [4.78, 5) is 17.9. The molecule has 0 aliphatic heterocycles. The fourth-order valence-electron chi connectivity index (χ4n) is 3.29. The lowest BCUT2D eigenvalue weighted by molar-refractivity contribution is 0.103. The first-order valence-electron chi connectivity index (χ1n) is 9.28. The highest BCUT2D eigenvalue weighted by molar-refractivity contribution is 7.13. The first-order valence-corrected chi connectivity index (χ1v) is 10.2. The third-order valence-electron chi connectivity index (χ3n) is 4.79. The number of hydrogen-bond donors (Lipinski definition) is 0. The first-order chi connectivity index (χ1) is 15.0. The van der Waals surface area contributed by atoms with Gasteiger partial charge in [0.15, 0.2) is 17.3 Å². The normalized spacial score (nSPS) is 10.7. The fourth-order valence-corrected chi connectivity index (χ4v) is 3.95. The summed E-state index contributed by atoms with van der Waals surface area (Å²) in [6.07, 6.45) is 5.22. The maximum absolute atomic E-state index is 13.5. The van der Waals surface area contributed by atoms with Crippen LogP contribution in [0.15, 0.2) is 60.4 Å². The molecule has 0 N–H and O–H groups in total. The molecule has 4 rings (SSSR count). The highest BCUT2D eigenvalue weighted by atomic mass is 32.1. The predicted octanol–water partition coefficient (Wildman–Crippen LogP) is 5.00. The lowest BCUT2D eigenvalue weighted by Gasteiger charge is -2.13. The van der Waals surface area contributed by atoms with Crippen LogP contribution in [-0.2, 0) is 0 Å². The molecule has 0 aliphatic rings. The Kier molecular flexibility index (Phi) is 5.73. The van der Waals surface area contributed by atoms with Crippen LogP contribution in [0.2, 0.25) is 0 Å². The van der Waals surface area contributed by atoms with Gasteiger partial charge in [-0.15, -0.1) is 11.3 Å². The van der Waals surface area contributed by atoms with E-state index in [1.807, 2.05) is 11.6 Å². The number of ketones is 1. The SMILES string of the molecule is COc1cc(C(=O)c2cn(-c3ccc(F)cc3)cc2-c2nccs2)cc(OC)c1OC. The highest BCUT2D eigenvalue weighted by Gasteiger charge is 2.23. The quantitative estimate of drug-likeness (QED) is 0.380. The second-order valence-electron chi connectivity index (χ2n) is 6.55. The molecule has 0 saturated heterocycles. The van der Waals surface area contributed by atoms with E-state index >= 15 is 0 Å². The van der Waals surface area contributed by atoms with Gasteiger partial charge in [0, 0.05) is 40.8 Å². The molecule has 158 valence electrons. The molecule has 0 amide bonds. The minimum Gasteiger partial charge on any atom is -0.493 e.